The second-order valence-corrected chi connectivity index (χ2v) is 7.04. The fourth-order valence-corrected chi connectivity index (χ4v) is 3.35. The molecule has 0 fully saturated rings. The third-order valence-electron chi connectivity index (χ3n) is 3.46. The van der Waals surface area contributed by atoms with Crippen LogP contribution >= 0.6 is 35.3 Å². The van der Waals surface area contributed by atoms with E-state index < -0.39 is 0 Å². The average molecular weight is 474 g/mol. The SMILES string of the molecule is CCNC(=NCc1ccnc(OC)c1)NC(C)Cc1ccc(C)s1.I. The van der Waals surface area contributed by atoms with E-state index in [0.29, 0.717) is 18.5 Å². The summed E-state index contributed by atoms with van der Waals surface area (Å²) in [7, 11) is 1.62. The molecule has 2 N–H and O–H groups in total. The van der Waals surface area contributed by atoms with E-state index in [1.54, 1.807) is 13.3 Å². The van der Waals surface area contributed by atoms with Gasteiger partial charge >= 0.3 is 0 Å². The molecule has 2 heterocycles. The van der Waals surface area contributed by atoms with Crippen LogP contribution in [0, 0.1) is 6.92 Å². The molecule has 0 saturated carbocycles. The second-order valence-electron chi connectivity index (χ2n) is 5.66. The molecule has 0 aliphatic rings. The molecule has 5 nitrogen and oxygen atoms in total. The molecule has 0 spiro atoms. The molecule has 2 aromatic rings. The summed E-state index contributed by atoms with van der Waals surface area (Å²) in [5, 5.41) is 6.77. The number of aromatic nitrogens is 1. The third kappa shape index (κ3) is 7.60. The molecule has 2 aromatic heterocycles. The molecule has 1 atom stereocenters. The monoisotopic (exact) mass is 474 g/mol. The Labute approximate surface area is 171 Å². The van der Waals surface area contributed by atoms with Crippen molar-refractivity contribution < 1.29 is 4.74 Å². The lowest BCUT2D eigenvalue weighted by atomic mass is 10.2. The van der Waals surface area contributed by atoms with Gasteiger partial charge in [0.2, 0.25) is 5.88 Å². The number of nitrogens with one attached hydrogen (secondary N) is 2. The van der Waals surface area contributed by atoms with Gasteiger partial charge in [0.25, 0.3) is 0 Å². The maximum absolute atomic E-state index is 5.15. The summed E-state index contributed by atoms with van der Waals surface area (Å²) >= 11 is 1.85. The van der Waals surface area contributed by atoms with Crippen LogP contribution in [0.1, 0.15) is 29.2 Å². The van der Waals surface area contributed by atoms with Crippen LogP contribution in [0.15, 0.2) is 35.5 Å². The van der Waals surface area contributed by atoms with Crippen molar-refractivity contribution in [1.82, 2.24) is 15.6 Å². The zero-order chi connectivity index (χ0) is 17.4. The largest absolute Gasteiger partial charge is 0.481 e. The number of aryl methyl sites for hydroxylation is 1. The summed E-state index contributed by atoms with van der Waals surface area (Å²) in [4.78, 5) is 11.5. The molecule has 0 radical (unpaired) electrons. The Bertz CT molecular complexity index is 675. The summed E-state index contributed by atoms with van der Waals surface area (Å²) < 4.78 is 5.15. The highest BCUT2D eigenvalue weighted by atomic mass is 127. The minimum Gasteiger partial charge on any atom is -0.481 e. The number of nitrogens with zero attached hydrogens (tertiary/aromatic N) is 2. The van der Waals surface area contributed by atoms with Crippen molar-refractivity contribution in [3.8, 4) is 5.88 Å². The van der Waals surface area contributed by atoms with E-state index in [1.807, 2.05) is 23.5 Å². The summed E-state index contributed by atoms with van der Waals surface area (Å²) in [6.07, 6.45) is 2.73. The van der Waals surface area contributed by atoms with Gasteiger partial charge in [0.05, 0.1) is 13.7 Å². The predicted octanol–water partition coefficient (Wildman–Crippen LogP) is 3.76. The van der Waals surface area contributed by atoms with Gasteiger partial charge in [-0.1, -0.05) is 0 Å². The van der Waals surface area contributed by atoms with Crippen molar-refractivity contribution in [3.05, 3.63) is 45.8 Å². The molecule has 2 rings (SSSR count). The van der Waals surface area contributed by atoms with Crippen LogP contribution in [0.2, 0.25) is 0 Å². The van der Waals surface area contributed by atoms with E-state index in [0.717, 1.165) is 24.5 Å². The topological polar surface area (TPSA) is 58.5 Å². The fraction of sp³-hybridized carbons (Fsp3) is 0.444. The zero-order valence-corrected chi connectivity index (χ0v) is 18.4. The van der Waals surface area contributed by atoms with Gasteiger partial charge in [-0.2, -0.15) is 0 Å². The van der Waals surface area contributed by atoms with Gasteiger partial charge in [-0.15, -0.1) is 35.3 Å². The van der Waals surface area contributed by atoms with Crippen LogP contribution in [0.3, 0.4) is 0 Å². The Morgan fingerprint density at radius 2 is 2.16 bits per heavy atom. The van der Waals surface area contributed by atoms with Crippen LogP contribution in [-0.2, 0) is 13.0 Å². The van der Waals surface area contributed by atoms with Gasteiger partial charge in [-0.25, -0.2) is 9.98 Å². The molecule has 0 bridgehead atoms. The number of halogens is 1. The molecule has 0 aliphatic heterocycles. The molecule has 25 heavy (non-hydrogen) atoms. The number of rotatable bonds is 7. The number of guanidine groups is 1. The van der Waals surface area contributed by atoms with Crippen LogP contribution in [0.5, 0.6) is 5.88 Å². The maximum atomic E-state index is 5.15. The van der Waals surface area contributed by atoms with Crippen molar-refractivity contribution in [2.75, 3.05) is 13.7 Å². The van der Waals surface area contributed by atoms with Gasteiger partial charge < -0.3 is 15.4 Å². The highest BCUT2D eigenvalue weighted by Gasteiger charge is 2.08. The van der Waals surface area contributed by atoms with Crippen molar-refractivity contribution >= 4 is 41.3 Å². The lowest BCUT2D eigenvalue weighted by Gasteiger charge is -2.17. The van der Waals surface area contributed by atoms with E-state index in [4.69, 9.17) is 4.74 Å². The van der Waals surface area contributed by atoms with Crippen LogP contribution in [-0.4, -0.2) is 30.6 Å². The van der Waals surface area contributed by atoms with Crippen molar-refractivity contribution in [1.29, 1.82) is 0 Å². The standard InChI is InChI=1S/C18H26N4OS.HI/c1-5-19-18(21-12-15-8-9-20-17(11-15)23-4)22-13(2)10-16-7-6-14(3)24-16;/h6-9,11,13H,5,10,12H2,1-4H3,(H2,19,21,22);1H. The van der Waals surface area contributed by atoms with E-state index in [1.165, 1.54) is 9.75 Å². The minimum absolute atomic E-state index is 0. The Kier molecular flexibility index (Phi) is 9.81. The first-order chi connectivity index (χ1) is 11.6. The Morgan fingerprint density at radius 3 is 2.80 bits per heavy atom. The molecule has 7 heteroatoms. The number of methoxy groups -OCH3 is 1. The normalized spacial score (nSPS) is 12.2. The zero-order valence-electron chi connectivity index (χ0n) is 15.2. The van der Waals surface area contributed by atoms with Gasteiger partial charge in [0.1, 0.15) is 0 Å². The molecular weight excluding hydrogens is 447 g/mol. The Balaban J connectivity index is 0.00000312. The van der Waals surface area contributed by atoms with Crippen molar-refractivity contribution in [2.24, 2.45) is 4.99 Å². The summed E-state index contributed by atoms with van der Waals surface area (Å²) in [6, 6.07) is 8.54. The molecule has 0 aliphatic carbocycles. The lowest BCUT2D eigenvalue weighted by molar-refractivity contribution is 0.397. The number of thiophene rings is 1. The first-order valence-corrected chi connectivity index (χ1v) is 9.01. The predicted molar refractivity (Wildman–Crippen MR) is 116 cm³/mol. The number of aliphatic imine (C=N–C) groups is 1. The van der Waals surface area contributed by atoms with Crippen LogP contribution in [0.4, 0.5) is 0 Å². The second kappa shape index (κ2) is 11.3. The Morgan fingerprint density at radius 1 is 1.36 bits per heavy atom. The van der Waals surface area contributed by atoms with E-state index in [9.17, 15) is 0 Å². The van der Waals surface area contributed by atoms with Gasteiger partial charge in [0.15, 0.2) is 5.96 Å². The quantitative estimate of drug-likeness (QED) is 0.365. The molecule has 1 unspecified atom stereocenters. The first-order valence-electron chi connectivity index (χ1n) is 8.19. The Hall–Kier alpha value is -1.35. The molecule has 0 aromatic carbocycles. The van der Waals surface area contributed by atoms with Crippen LogP contribution < -0.4 is 15.4 Å². The smallest absolute Gasteiger partial charge is 0.213 e. The maximum Gasteiger partial charge on any atom is 0.213 e. The van der Waals surface area contributed by atoms with Crippen molar-refractivity contribution in [2.45, 2.75) is 39.8 Å². The molecule has 0 amide bonds. The van der Waals surface area contributed by atoms with Gasteiger partial charge in [-0.05, 0) is 44.5 Å². The number of hydrogen-bond donors (Lipinski definition) is 2. The number of hydrogen-bond acceptors (Lipinski definition) is 4. The summed E-state index contributed by atoms with van der Waals surface area (Å²) in [5.74, 6) is 1.44. The minimum atomic E-state index is 0. The number of ether oxygens (including phenoxy) is 1. The summed E-state index contributed by atoms with van der Waals surface area (Å²) in [5.41, 5.74) is 1.07. The number of pyridine rings is 1. The third-order valence-corrected chi connectivity index (χ3v) is 4.48. The van der Waals surface area contributed by atoms with E-state index >= 15 is 0 Å². The van der Waals surface area contributed by atoms with Crippen LogP contribution in [0.25, 0.3) is 0 Å². The van der Waals surface area contributed by atoms with E-state index in [2.05, 4.69) is 53.5 Å². The lowest BCUT2D eigenvalue weighted by Crippen LogP contribution is -2.43. The van der Waals surface area contributed by atoms with E-state index in [-0.39, 0.29) is 24.0 Å². The van der Waals surface area contributed by atoms with Gasteiger partial charge in [0, 0.05) is 41.0 Å². The summed E-state index contributed by atoms with van der Waals surface area (Å²) in [6.45, 7) is 7.80. The highest BCUT2D eigenvalue weighted by Crippen LogP contribution is 2.16. The van der Waals surface area contributed by atoms with Gasteiger partial charge in [-0.3, -0.25) is 0 Å². The molecule has 138 valence electrons. The fourth-order valence-electron chi connectivity index (χ4n) is 2.33. The van der Waals surface area contributed by atoms with Crippen molar-refractivity contribution in [3.63, 3.8) is 0 Å². The average Bonchev–Trinajstić information content (AvgIpc) is 2.97. The highest BCUT2D eigenvalue weighted by molar-refractivity contribution is 14.0. The first kappa shape index (κ1) is 21.7. The molecular formula is C18H27IN4OS. The molecule has 0 saturated heterocycles.